The molecule has 1 heterocycles. The highest BCUT2D eigenvalue weighted by Crippen LogP contribution is 2.44. The molecule has 0 fully saturated rings. The summed E-state index contributed by atoms with van der Waals surface area (Å²) >= 11 is 3.57. The second kappa shape index (κ2) is 6.59. The van der Waals surface area contributed by atoms with E-state index in [1.54, 1.807) is 7.11 Å². The summed E-state index contributed by atoms with van der Waals surface area (Å²) < 4.78 is 12.7. The molecule has 0 aliphatic carbocycles. The predicted molar refractivity (Wildman–Crippen MR) is 77.7 cm³/mol. The fourth-order valence-corrected chi connectivity index (χ4v) is 2.86. The van der Waals surface area contributed by atoms with Crippen LogP contribution < -0.4 is 15.0 Å². The van der Waals surface area contributed by atoms with E-state index in [0.717, 1.165) is 28.0 Å². The smallest absolute Gasteiger partial charge is 0.175 e. The molecule has 0 amide bonds. The van der Waals surface area contributed by atoms with Crippen molar-refractivity contribution in [3.63, 3.8) is 0 Å². The number of halogens is 1. The molecule has 19 heavy (non-hydrogen) atoms. The van der Waals surface area contributed by atoms with Crippen molar-refractivity contribution in [3.8, 4) is 11.5 Å². The van der Waals surface area contributed by atoms with Crippen LogP contribution in [-0.4, -0.2) is 20.3 Å². The van der Waals surface area contributed by atoms with Gasteiger partial charge in [-0.15, -0.1) is 0 Å². The summed E-state index contributed by atoms with van der Waals surface area (Å²) in [6.07, 6.45) is 0.907. The monoisotopic (exact) mass is 329 g/mol. The van der Waals surface area contributed by atoms with E-state index in [0.29, 0.717) is 25.7 Å². The van der Waals surface area contributed by atoms with E-state index in [2.05, 4.69) is 41.3 Å². The SMILES string of the molecule is CONCc1cc(Br)c2c(c1C(C)C)OCCCO2. The van der Waals surface area contributed by atoms with Gasteiger partial charge in [0.15, 0.2) is 11.5 Å². The maximum Gasteiger partial charge on any atom is 0.175 e. The predicted octanol–water partition coefficient (Wildman–Crippen LogP) is 3.38. The van der Waals surface area contributed by atoms with Crippen LogP contribution in [0.15, 0.2) is 10.5 Å². The molecule has 1 aromatic carbocycles. The van der Waals surface area contributed by atoms with Gasteiger partial charge in [-0.3, -0.25) is 0 Å². The Labute approximate surface area is 122 Å². The summed E-state index contributed by atoms with van der Waals surface area (Å²) in [4.78, 5) is 4.95. The van der Waals surface area contributed by atoms with Gasteiger partial charge in [0.1, 0.15) is 0 Å². The molecule has 0 bridgehead atoms. The molecule has 5 heteroatoms. The van der Waals surface area contributed by atoms with Gasteiger partial charge in [-0.1, -0.05) is 13.8 Å². The highest BCUT2D eigenvalue weighted by Gasteiger charge is 2.23. The summed E-state index contributed by atoms with van der Waals surface area (Å²) in [7, 11) is 1.62. The van der Waals surface area contributed by atoms with Gasteiger partial charge in [0.25, 0.3) is 0 Å². The molecule has 1 aliphatic heterocycles. The third kappa shape index (κ3) is 3.22. The molecule has 0 saturated heterocycles. The van der Waals surface area contributed by atoms with Crippen molar-refractivity contribution >= 4 is 15.9 Å². The molecule has 4 nitrogen and oxygen atoms in total. The Hall–Kier alpha value is -0.780. The van der Waals surface area contributed by atoms with Gasteiger partial charge < -0.3 is 14.3 Å². The van der Waals surface area contributed by atoms with E-state index in [-0.39, 0.29) is 0 Å². The first-order valence-electron chi connectivity index (χ1n) is 6.51. The van der Waals surface area contributed by atoms with E-state index >= 15 is 0 Å². The number of ether oxygens (including phenoxy) is 2. The molecule has 2 rings (SSSR count). The number of benzene rings is 1. The molecule has 0 spiro atoms. The third-order valence-electron chi connectivity index (χ3n) is 3.08. The number of hydrogen-bond acceptors (Lipinski definition) is 4. The number of fused-ring (bicyclic) bond motifs is 1. The Morgan fingerprint density at radius 2 is 2.00 bits per heavy atom. The van der Waals surface area contributed by atoms with Crippen molar-refractivity contribution in [3.05, 3.63) is 21.7 Å². The molecule has 1 aliphatic rings. The summed E-state index contributed by atoms with van der Waals surface area (Å²) in [5.74, 6) is 2.05. The molecular formula is C14H20BrNO3. The summed E-state index contributed by atoms with van der Waals surface area (Å²) in [6.45, 7) is 6.35. The van der Waals surface area contributed by atoms with Crippen LogP contribution in [0, 0.1) is 0 Å². The van der Waals surface area contributed by atoms with Gasteiger partial charge >= 0.3 is 0 Å². The Balaban J connectivity index is 2.50. The molecule has 106 valence electrons. The van der Waals surface area contributed by atoms with Crippen molar-refractivity contribution in [2.75, 3.05) is 20.3 Å². The third-order valence-corrected chi connectivity index (χ3v) is 3.67. The standard InChI is InChI=1S/C14H20BrNO3/c1-9(2)12-10(8-16-17-3)7-11(15)13-14(12)19-6-4-5-18-13/h7,9,16H,4-6,8H2,1-3H3. The molecule has 0 aromatic heterocycles. The van der Waals surface area contributed by atoms with Crippen molar-refractivity contribution in [1.29, 1.82) is 0 Å². The van der Waals surface area contributed by atoms with Crippen molar-refractivity contribution in [1.82, 2.24) is 5.48 Å². The zero-order valence-corrected chi connectivity index (χ0v) is 13.2. The van der Waals surface area contributed by atoms with E-state index in [9.17, 15) is 0 Å². The summed E-state index contributed by atoms with van der Waals surface area (Å²) in [6, 6.07) is 2.08. The van der Waals surface area contributed by atoms with E-state index < -0.39 is 0 Å². The van der Waals surface area contributed by atoms with Crippen LogP contribution >= 0.6 is 15.9 Å². The molecule has 1 aromatic rings. The molecule has 0 atom stereocenters. The summed E-state index contributed by atoms with van der Waals surface area (Å²) in [5.41, 5.74) is 5.24. The first kappa shape index (κ1) is 14.6. The maximum absolute atomic E-state index is 5.92. The van der Waals surface area contributed by atoms with Crippen LogP contribution in [0.25, 0.3) is 0 Å². The fraction of sp³-hybridized carbons (Fsp3) is 0.571. The zero-order chi connectivity index (χ0) is 13.8. The number of hydroxylamine groups is 1. The average molecular weight is 330 g/mol. The highest BCUT2D eigenvalue weighted by molar-refractivity contribution is 9.10. The summed E-state index contributed by atoms with van der Waals surface area (Å²) in [5, 5.41) is 0. The van der Waals surface area contributed by atoms with Crippen LogP contribution in [0.2, 0.25) is 0 Å². The minimum absolute atomic E-state index is 0.359. The van der Waals surface area contributed by atoms with Crippen molar-refractivity contribution < 1.29 is 14.3 Å². The van der Waals surface area contributed by atoms with Gasteiger partial charge in [-0.05, 0) is 33.5 Å². The molecular weight excluding hydrogens is 310 g/mol. The lowest BCUT2D eigenvalue weighted by Gasteiger charge is -2.20. The molecule has 1 N–H and O–H groups in total. The Morgan fingerprint density at radius 1 is 1.32 bits per heavy atom. The maximum atomic E-state index is 5.92. The molecule has 0 unspecified atom stereocenters. The van der Waals surface area contributed by atoms with E-state index in [1.165, 1.54) is 5.56 Å². The molecule has 0 saturated carbocycles. The second-order valence-electron chi connectivity index (χ2n) is 4.82. The Kier molecular flexibility index (Phi) is 5.07. The quantitative estimate of drug-likeness (QED) is 0.859. The lowest BCUT2D eigenvalue weighted by molar-refractivity contribution is 0.0864. The number of hydrogen-bond donors (Lipinski definition) is 1. The van der Waals surface area contributed by atoms with E-state index in [1.807, 2.05) is 0 Å². The van der Waals surface area contributed by atoms with Crippen LogP contribution in [0.1, 0.15) is 37.3 Å². The fourth-order valence-electron chi connectivity index (χ4n) is 2.29. The number of rotatable bonds is 4. The molecule has 0 radical (unpaired) electrons. The van der Waals surface area contributed by atoms with Crippen molar-refractivity contribution in [2.45, 2.75) is 32.7 Å². The normalized spacial score (nSPS) is 14.6. The number of nitrogens with one attached hydrogen (secondary N) is 1. The van der Waals surface area contributed by atoms with Gasteiger partial charge in [0.05, 0.1) is 24.8 Å². The van der Waals surface area contributed by atoms with Crippen molar-refractivity contribution in [2.24, 2.45) is 0 Å². The minimum atomic E-state index is 0.359. The topological polar surface area (TPSA) is 39.7 Å². The average Bonchev–Trinajstić information content (AvgIpc) is 2.61. The van der Waals surface area contributed by atoms with Gasteiger partial charge in [-0.2, -0.15) is 5.48 Å². The Morgan fingerprint density at radius 3 is 2.63 bits per heavy atom. The van der Waals surface area contributed by atoms with E-state index in [4.69, 9.17) is 14.3 Å². The van der Waals surface area contributed by atoms with Gasteiger partial charge in [0, 0.05) is 18.5 Å². The lowest BCUT2D eigenvalue weighted by Crippen LogP contribution is -2.14. The first-order chi connectivity index (χ1) is 9.15. The minimum Gasteiger partial charge on any atom is -0.489 e. The van der Waals surface area contributed by atoms with Gasteiger partial charge in [0.2, 0.25) is 0 Å². The van der Waals surface area contributed by atoms with Gasteiger partial charge in [-0.25, -0.2) is 0 Å². The highest BCUT2D eigenvalue weighted by atomic mass is 79.9. The van der Waals surface area contributed by atoms with Crippen LogP contribution in [-0.2, 0) is 11.4 Å². The largest absolute Gasteiger partial charge is 0.489 e. The van der Waals surface area contributed by atoms with Crippen LogP contribution in [0.5, 0.6) is 11.5 Å². The van der Waals surface area contributed by atoms with Crippen LogP contribution in [0.3, 0.4) is 0 Å². The lowest BCUT2D eigenvalue weighted by atomic mass is 9.95. The Bertz CT molecular complexity index is 449. The van der Waals surface area contributed by atoms with Crippen LogP contribution in [0.4, 0.5) is 0 Å². The zero-order valence-electron chi connectivity index (χ0n) is 11.6. The second-order valence-corrected chi connectivity index (χ2v) is 5.67. The first-order valence-corrected chi connectivity index (χ1v) is 7.31.